The maximum atomic E-state index is 13.7. The van der Waals surface area contributed by atoms with Crippen molar-refractivity contribution in [2.75, 3.05) is 33.4 Å². The number of carbonyl (C=O) groups is 1. The molecule has 1 aromatic heterocycles. The number of aromatic nitrogens is 1. The predicted octanol–water partition coefficient (Wildman–Crippen LogP) is 1.73. The van der Waals surface area contributed by atoms with E-state index in [4.69, 9.17) is 14.7 Å². The van der Waals surface area contributed by atoms with E-state index < -0.39 is 15.8 Å². The zero-order chi connectivity index (χ0) is 25.3. The molecule has 3 heterocycles. The average molecular weight is 508 g/mol. The molecule has 0 bridgehead atoms. The zero-order valence-electron chi connectivity index (χ0n) is 19.6. The van der Waals surface area contributed by atoms with Crippen LogP contribution in [-0.2, 0) is 25.4 Å². The zero-order valence-corrected chi connectivity index (χ0v) is 20.4. The van der Waals surface area contributed by atoms with Crippen molar-refractivity contribution in [2.45, 2.75) is 5.54 Å². The summed E-state index contributed by atoms with van der Waals surface area (Å²) >= 11 is 0. The Kier molecular flexibility index (Phi) is 6.20. The molecule has 3 aromatic rings. The number of amides is 1. The largest absolute Gasteiger partial charge is 0.385 e. The number of benzene rings is 2. The van der Waals surface area contributed by atoms with E-state index in [-0.39, 0.29) is 30.7 Å². The maximum Gasteiger partial charge on any atom is 0.385 e. The number of ether oxygens (including phenoxy) is 1. The number of likely N-dealkylation sites (N-methyl/N-ethyl adjacent to an activating group) is 1. The Hall–Kier alpha value is -3.80. The van der Waals surface area contributed by atoms with Gasteiger partial charge in [-0.1, -0.05) is 36.4 Å². The number of aliphatic imine (C=N–C) groups is 1. The van der Waals surface area contributed by atoms with Gasteiger partial charge in [-0.2, -0.15) is 12.7 Å². The molecule has 0 spiro atoms. The van der Waals surface area contributed by atoms with Crippen LogP contribution in [0, 0.1) is 0 Å². The highest BCUT2D eigenvalue weighted by Crippen LogP contribution is 2.41. The molecule has 2 aromatic carbocycles. The molecule has 0 saturated carbocycles. The lowest BCUT2D eigenvalue weighted by molar-refractivity contribution is -0.129. The molecular weight excluding hydrogens is 482 g/mol. The van der Waals surface area contributed by atoms with Crippen LogP contribution in [0.1, 0.15) is 11.1 Å². The van der Waals surface area contributed by atoms with Gasteiger partial charge in [0.1, 0.15) is 5.75 Å². The van der Waals surface area contributed by atoms with Crippen LogP contribution in [0.25, 0.3) is 11.1 Å². The van der Waals surface area contributed by atoms with Crippen molar-refractivity contribution in [3.05, 3.63) is 84.2 Å². The predicted molar refractivity (Wildman–Crippen MR) is 133 cm³/mol. The molecule has 1 saturated heterocycles. The average Bonchev–Trinajstić information content (AvgIpc) is 3.14. The third-order valence-electron chi connectivity index (χ3n) is 6.25. The quantitative estimate of drug-likeness (QED) is 0.538. The fourth-order valence-corrected chi connectivity index (χ4v) is 5.41. The van der Waals surface area contributed by atoms with Crippen LogP contribution in [-0.4, -0.2) is 67.8 Å². The fraction of sp³-hybridized carbons (Fsp3) is 0.240. The molecule has 1 atom stereocenters. The lowest BCUT2D eigenvalue weighted by atomic mass is 9.81. The van der Waals surface area contributed by atoms with Crippen molar-refractivity contribution in [3.8, 4) is 16.9 Å². The Morgan fingerprint density at radius 3 is 2.36 bits per heavy atom. The lowest BCUT2D eigenvalue weighted by Gasteiger charge is -2.28. The van der Waals surface area contributed by atoms with Gasteiger partial charge in [-0.15, -0.1) is 0 Å². The van der Waals surface area contributed by atoms with Crippen LogP contribution in [0.2, 0.25) is 0 Å². The molecule has 0 aliphatic carbocycles. The van der Waals surface area contributed by atoms with Gasteiger partial charge in [0, 0.05) is 32.5 Å². The highest BCUT2D eigenvalue weighted by Gasteiger charge is 2.49. The van der Waals surface area contributed by atoms with E-state index in [2.05, 4.69) is 9.98 Å². The van der Waals surface area contributed by atoms with Crippen molar-refractivity contribution in [2.24, 2.45) is 10.7 Å². The number of hydrogen-bond acceptors (Lipinski definition) is 8. The fourth-order valence-electron chi connectivity index (χ4n) is 4.36. The summed E-state index contributed by atoms with van der Waals surface area (Å²) in [5.74, 6) is -0.242. The number of morpholine rings is 1. The Morgan fingerprint density at radius 2 is 1.69 bits per heavy atom. The van der Waals surface area contributed by atoms with Crippen LogP contribution in [0.5, 0.6) is 5.75 Å². The number of pyridine rings is 1. The summed E-state index contributed by atoms with van der Waals surface area (Å²) in [6.07, 6.45) is 3.42. The molecule has 2 aliphatic rings. The molecule has 36 heavy (non-hydrogen) atoms. The van der Waals surface area contributed by atoms with E-state index in [0.29, 0.717) is 24.3 Å². The molecule has 2 aliphatic heterocycles. The molecule has 1 unspecified atom stereocenters. The second-order valence-electron chi connectivity index (χ2n) is 8.45. The Morgan fingerprint density at radius 1 is 1.00 bits per heavy atom. The van der Waals surface area contributed by atoms with E-state index in [1.54, 1.807) is 37.6 Å². The van der Waals surface area contributed by atoms with Gasteiger partial charge >= 0.3 is 10.3 Å². The van der Waals surface area contributed by atoms with Gasteiger partial charge in [0.25, 0.3) is 5.91 Å². The second kappa shape index (κ2) is 9.34. The van der Waals surface area contributed by atoms with Crippen molar-refractivity contribution in [3.63, 3.8) is 0 Å². The number of nitrogens with two attached hydrogens (primary N) is 1. The van der Waals surface area contributed by atoms with Gasteiger partial charge in [0.05, 0.1) is 13.2 Å². The third kappa shape index (κ3) is 4.21. The first-order chi connectivity index (χ1) is 17.3. The van der Waals surface area contributed by atoms with Crippen LogP contribution in [0.15, 0.2) is 78.0 Å². The smallest absolute Gasteiger partial charge is 0.379 e. The topological polar surface area (TPSA) is 127 Å². The summed E-state index contributed by atoms with van der Waals surface area (Å²) in [5, 5.41) is 0. The van der Waals surface area contributed by atoms with E-state index >= 15 is 0 Å². The Balaban J connectivity index is 1.59. The first-order valence-electron chi connectivity index (χ1n) is 11.3. The minimum atomic E-state index is -4.05. The number of hydrogen-bond donors (Lipinski definition) is 1. The van der Waals surface area contributed by atoms with Gasteiger partial charge in [-0.25, -0.2) is 4.99 Å². The summed E-state index contributed by atoms with van der Waals surface area (Å²) in [6.45, 7) is 1.01. The van der Waals surface area contributed by atoms with Crippen LogP contribution >= 0.6 is 0 Å². The van der Waals surface area contributed by atoms with Gasteiger partial charge in [-0.05, 0) is 46.5 Å². The molecule has 5 rings (SSSR count). The van der Waals surface area contributed by atoms with Crippen molar-refractivity contribution in [1.29, 1.82) is 0 Å². The SMILES string of the molecule is CN1C(=O)C(c2cccc(OS(=O)(=O)N3CCOCC3)c2)(c2cccc(-c3cccnc3)c2)N=C1N. The molecule has 2 N–H and O–H groups in total. The summed E-state index contributed by atoms with van der Waals surface area (Å²) < 4.78 is 37.5. The minimum absolute atomic E-state index is 0.0547. The summed E-state index contributed by atoms with van der Waals surface area (Å²) in [6, 6.07) is 17.5. The van der Waals surface area contributed by atoms with Crippen LogP contribution in [0.4, 0.5) is 0 Å². The van der Waals surface area contributed by atoms with E-state index in [9.17, 15) is 13.2 Å². The van der Waals surface area contributed by atoms with Gasteiger partial charge in [0.2, 0.25) is 0 Å². The molecule has 0 radical (unpaired) electrons. The summed E-state index contributed by atoms with van der Waals surface area (Å²) in [4.78, 5) is 23.7. The van der Waals surface area contributed by atoms with E-state index in [1.165, 1.54) is 21.3 Å². The van der Waals surface area contributed by atoms with Crippen molar-refractivity contribution < 1.29 is 22.1 Å². The molecule has 10 nitrogen and oxygen atoms in total. The monoisotopic (exact) mass is 507 g/mol. The maximum absolute atomic E-state index is 13.7. The van der Waals surface area contributed by atoms with Gasteiger partial charge < -0.3 is 14.7 Å². The van der Waals surface area contributed by atoms with Crippen molar-refractivity contribution in [1.82, 2.24) is 14.2 Å². The third-order valence-corrected chi connectivity index (χ3v) is 7.66. The highest BCUT2D eigenvalue weighted by molar-refractivity contribution is 7.84. The van der Waals surface area contributed by atoms with Crippen molar-refractivity contribution >= 4 is 22.2 Å². The number of nitrogens with zero attached hydrogens (tertiary/aromatic N) is 4. The van der Waals surface area contributed by atoms with E-state index in [0.717, 1.165) is 11.1 Å². The van der Waals surface area contributed by atoms with Gasteiger partial charge in [-0.3, -0.25) is 14.7 Å². The summed E-state index contributed by atoms with van der Waals surface area (Å²) in [5.41, 5.74) is 7.32. The van der Waals surface area contributed by atoms with Crippen LogP contribution < -0.4 is 9.92 Å². The van der Waals surface area contributed by atoms with Crippen LogP contribution in [0.3, 0.4) is 0 Å². The summed E-state index contributed by atoms with van der Waals surface area (Å²) in [7, 11) is -2.50. The highest BCUT2D eigenvalue weighted by atomic mass is 32.2. The molecule has 1 amide bonds. The molecule has 11 heteroatoms. The standard InChI is InChI=1S/C25H25N5O5S/c1-29-23(31)25(28-24(29)26,20-7-2-5-18(15-20)19-6-4-10-27-17-19)21-8-3-9-22(16-21)35-36(32,33)30-11-13-34-14-12-30/h2-10,15-17H,11-14H2,1H3,(H2,26,28). The number of guanidine groups is 1. The lowest BCUT2D eigenvalue weighted by Crippen LogP contribution is -2.43. The number of rotatable bonds is 6. The first-order valence-corrected chi connectivity index (χ1v) is 12.7. The number of carbonyl (C=O) groups excluding carboxylic acids is 1. The second-order valence-corrected chi connectivity index (χ2v) is 9.99. The van der Waals surface area contributed by atoms with Gasteiger partial charge in [0.15, 0.2) is 11.5 Å². The first kappa shape index (κ1) is 23.9. The Bertz CT molecular complexity index is 1420. The minimum Gasteiger partial charge on any atom is -0.379 e. The molecule has 1 fully saturated rings. The normalized spacial score (nSPS) is 20.9. The Labute approximate surface area is 209 Å². The molecular formula is C25H25N5O5S. The van der Waals surface area contributed by atoms with E-state index in [1.807, 2.05) is 30.3 Å². The molecule has 186 valence electrons.